The first-order valence-corrected chi connectivity index (χ1v) is 6.62. The minimum Gasteiger partial charge on any atom is -0.310 e. The van der Waals surface area contributed by atoms with Gasteiger partial charge >= 0.3 is 0 Å². The van der Waals surface area contributed by atoms with Crippen molar-refractivity contribution in [2.24, 2.45) is 11.8 Å². The molecule has 0 amide bonds. The molecular formula is C13H26N2. The molecule has 1 saturated heterocycles. The van der Waals surface area contributed by atoms with Crippen LogP contribution in [0.3, 0.4) is 0 Å². The number of piperidine rings is 1. The van der Waals surface area contributed by atoms with Crippen molar-refractivity contribution >= 4 is 0 Å². The number of likely N-dealkylation sites (tertiary alicyclic amines) is 1. The molecule has 2 nitrogen and oxygen atoms in total. The zero-order valence-corrected chi connectivity index (χ0v) is 10.5. The molecule has 2 aliphatic rings. The summed E-state index contributed by atoms with van der Waals surface area (Å²) in [5.41, 5.74) is 0. The Labute approximate surface area is 94.4 Å². The minimum atomic E-state index is 0.764. The molecule has 0 aromatic heterocycles. The van der Waals surface area contributed by atoms with Crippen LogP contribution in [0.25, 0.3) is 0 Å². The largest absolute Gasteiger partial charge is 0.310 e. The fourth-order valence-corrected chi connectivity index (χ4v) is 2.83. The second kappa shape index (κ2) is 4.84. The zero-order chi connectivity index (χ0) is 10.8. The molecule has 15 heavy (non-hydrogen) atoms. The molecule has 2 rings (SSSR count). The van der Waals surface area contributed by atoms with Gasteiger partial charge in [0, 0.05) is 31.7 Å². The van der Waals surface area contributed by atoms with E-state index in [1.165, 1.54) is 38.9 Å². The van der Waals surface area contributed by atoms with Crippen LogP contribution in [-0.4, -0.2) is 36.6 Å². The average Bonchev–Trinajstić information content (AvgIpc) is 2.85. The van der Waals surface area contributed by atoms with E-state index in [0.29, 0.717) is 0 Å². The molecule has 2 fully saturated rings. The van der Waals surface area contributed by atoms with Gasteiger partial charge in [-0.05, 0) is 31.1 Å². The van der Waals surface area contributed by atoms with Gasteiger partial charge < -0.3 is 10.2 Å². The topological polar surface area (TPSA) is 15.3 Å². The Morgan fingerprint density at radius 1 is 1.20 bits per heavy atom. The van der Waals surface area contributed by atoms with Crippen molar-refractivity contribution in [3.8, 4) is 0 Å². The third-order valence-corrected chi connectivity index (χ3v) is 3.41. The molecule has 2 atom stereocenters. The van der Waals surface area contributed by atoms with Crippen LogP contribution in [0.4, 0.5) is 0 Å². The van der Waals surface area contributed by atoms with E-state index in [9.17, 15) is 0 Å². The normalized spacial score (nSPS) is 33.6. The molecule has 0 bridgehead atoms. The van der Waals surface area contributed by atoms with Gasteiger partial charge in [-0.1, -0.05) is 20.8 Å². The Bertz CT molecular complexity index is 183. The van der Waals surface area contributed by atoms with Gasteiger partial charge in [0.2, 0.25) is 0 Å². The summed E-state index contributed by atoms with van der Waals surface area (Å²) in [5, 5.41) is 3.78. The van der Waals surface area contributed by atoms with E-state index in [4.69, 9.17) is 0 Å². The lowest BCUT2D eigenvalue weighted by atomic mass is 9.95. The van der Waals surface area contributed by atoms with Crippen LogP contribution < -0.4 is 5.32 Å². The SMILES string of the molecule is CC(C)CN1CC(C)CC(NC2CC2)C1. The van der Waals surface area contributed by atoms with Crippen molar-refractivity contribution in [1.29, 1.82) is 0 Å². The number of nitrogens with zero attached hydrogens (tertiary/aromatic N) is 1. The van der Waals surface area contributed by atoms with Gasteiger partial charge in [0.1, 0.15) is 0 Å². The predicted molar refractivity (Wildman–Crippen MR) is 65.0 cm³/mol. The van der Waals surface area contributed by atoms with Crippen LogP contribution >= 0.6 is 0 Å². The van der Waals surface area contributed by atoms with Crippen LogP contribution in [0.2, 0.25) is 0 Å². The Kier molecular flexibility index (Phi) is 3.68. The maximum Gasteiger partial charge on any atom is 0.0200 e. The highest BCUT2D eigenvalue weighted by molar-refractivity contribution is 4.89. The smallest absolute Gasteiger partial charge is 0.0200 e. The van der Waals surface area contributed by atoms with E-state index in [2.05, 4.69) is 31.0 Å². The van der Waals surface area contributed by atoms with Crippen molar-refractivity contribution in [2.75, 3.05) is 19.6 Å². The van der Waals surface area contributed by atoms with Crippen molar-refractivity contribution in [1.82, 2.24) is 10.2 Å². The monoisotopic (exact) mass is 210 g/mol. The van der Waals surface area contributed by atoms with Crippen molar-refractivity contribution in [3.05, 3.63) is 0 Å². The quantitative estimate of drug-likeness (QED) is 0.764. The summed E-state index contributed by atoms with van der Waals surface area (Å²) in [4.78, 5) is 2.65. The second-order valence-corrected chi connectivity index (χ2v) is 6.09. The molecule has 1 saturated carbocycles. The maximum atomic E-state index is 3.78. The Morgan fingerprint density at radius 3 is 2.53 bits per heavy atom. The summed E-state index contributed by atoms with van der Waals surface area (Å²) in [7, 11) is 0. The van der Waals surface area contributed by atoms with Gasteiger partial charge in [-0.2, -0.15) is 0 Å². The summed E-state index contributed by atoms with van der Waals surface area (Å²) in [6, 6.07) is 1.63. The molecule has 1 aliphatic carbocycles. The first kappa shape index (κ1) is 11.4. The van der Waals surface area contributed by atoms with Crippen LogP contribution in [-0.2, 0) is 0 Å². The van der Waals surface area contributed by atoms with E-state index in [1.54, 1.807) is 0 Å². The van der Waals surface area contributed by atoms with E-state index >= 15 is 0 Å². The van der Waals surface area contributed by atoms with Crippen molar-refractivity contribution in [3.63, 3.8) is 0 Å². The highest BCUT2D eigenvalue weighted by atomic mass is 15.2. The zero-order valence-electron chi connectivity index (χ0n) is 10.5. The van der Waals surface area contributed by atoms with Crippen LogP contribution in [0.1, 0.15) is 40.0 Å². The van der Waals surface area contributed by atoms with Crippen LogP contribution in [0.15, 0.2) is 0 Å². The van der Waals surface area contributed by atoms with Gasteiger partial charge in [-0.15, -0.1) is 0 Å². The van der Waals surface area contributed by atoms with E-state index in [-0.39, 0.29) is 0 Å². The third-order valence-electron chi connectivity index (χ3n) is 3.41. The fraction of sp³-hybridized carbons (Fsp3) is 1.00. The predicted octanol–water partition coefficient (Wildman–Crippen LogP) is 2.10. The number of nitrogens with one attached hydrogen (secondary N) is 1. The van der Waals surface area contributed by atoms with Gasteiger partial charge in [-0.3, -0.25) is 0 Å². The molecule has 0 aromatic rings. The average molecular weight is 210 g/mol. The summed E-state index contributed by atoms with van der Waals surface area (Å²) in [5.74, 6) is 1.67. The molecular weight excluding hydrogens is 184 g/mol. The van der Waals surface area contributed by atoms with Crippen molar-refractivity contribution in [2.45, 2.75) is 52.1 Å². The van der Waals surface area contributed by atoms with Gasteiger partial charge in [0.25, 0.3) is 0 Å². The van der Waals surface area contributed by atoms with Crippen LogP contribution in [0.5, 0.6) is 0 Å². The molecule has 2 heteroatoms. The Hall–Kier alpha value is -0.0800. The van der Waals surface area contributed by atoms with E-state index in [1.807, 2.05) is 0 Å². The summed E-state index contributed by atoms with van der Waals surface area (Å²) < 4.78 is 0. The highest BCUT2D eigenvalue weighted by Crippen LogP contribution is 2.24. The second-order valence-electron chi connectivity index (χ2n) is 6.09. The molecule has 0 aromatic carbocycles. The van der Waals surface area contributed by atoms with E-state index in [0.717, 1.165) is 23.9 Å². The Balaban J connectivity index is 1.79. The highest BCUT2D eigenvalue weighted by Gasteiger charge is 2.29. The lowest BCUT2D eigenvalue weighted by molar-refractivity contribution is 0.135. The molecule has 1 aliphatic heterocycles. The van der Waals surface area contributed by atoms with Gasteiger partial charge in [0.15, 0.2) is 0 Å². The lowest BCUT2D eigenvalue weighted by Gasteiger charge is -2.37. The first-order valence-electron chi connectivity index (χ1n) is 6.62. The lowest BCUT2D eigenvalue weighted by Crippen LogP contribution is -2.50. The first-order chi connectivity index (χ1) is 7.13. The third kappa shape index (κ3) is 3.76. The number of hydrogen-bond donors (Lipinski definition) is 1. The standard InChI is InChI=1S/C13H26N2/c1-10(2)7-15-8-11(3)6-13(9-15)14-12-4-5-12/h10-14H,4-9H2,1-3H3. The Morgan fingerprint density at radius 2 is 1.93 bits per heavy atom. The number of rotatable bonds is 4. The van der Waals surface area contributed by atoms with Crippen LogP contribution in [0, 0.1) is 11.8 Å². The summed E-state index contributed by atoms with van der Waals surface area (Å²) in [6.45, 7) is 10.9. The molecule has 0 radical (unpaired) electrons. The number of hydrogen-bond acceptors (Lipinski definition) is 2. The van der Waals surface area contributed by atoms with E-state index < -0.39 is 0 Å². The molecule has 2 unspecified atom stereocenters. The summed E-state index contributed by atoms with van der Waals surface area (Å²) in [6.07, 6.45) is 4.20. The van der Waals surface area contributed by atoms with Crippen molar-refractivity contribution < 1.29 is 0 Å². The maximum absolute atomic E-state index is 3.78. The van der Waals surface area contributed by atoms with Gasteiger partial charge in [0.05, 0.1) is 0 Å². The molecule has 1 heterocycles. The summed E-state index contributed by atoms with van der Waals surface area (Å²) >= 11 is 0. The molecule has 88 valence electrons. The molecule has 1 N–H and O–H groups in total. The fourth-order valence-electron chi connectivity index (χ4n) is 2.83. The minimum absolute atomic E-state index is 0.764. The van der Waals surface area contributed by atoms with Gasteiger partial charge in [-0.25, -0.2) is 0 Å². The molecule has 0 spiro atoms.